The molecule has 0 saturated heterocycles. The third kappa shape index (κ3) is 4.52. The Morgan fingerprint density at radius 1 is 1.25 bits per heavy atom. The second kappa shape index (κ2) is 9.75. The van der Waals surface area contributed by atoms with Crippen LogP contribution < -0.4 is 5.32 Å². The molecule has 166 valence electrons. The Hall–Kier alpha value is -2.84. The van der Waals surface area contributed by atoms with Gasteiger partial charge in [-0.1, -0.05) is 66.7 Å². The van der Waals surface area contributed by atoms with E-state index in [1.165, 1.54) is 17.8 Å². The van der Waals surface area contributed by atoms with Gasteiger partial charge in [0.1, 0.15) is 11.9 Å². The Kier molecular flexibility index (Phi) is 6.81. The van der Waals surface area contributed by atoms with Gasteiger partial charge in [-0.2, -0.15) is 4.98 Å². The minimum atomic E-state index is -0.793. The van der Waals surface area contributed by atoms with Gasteiger partial charge in [-0.05, 0) is 31.0 Å². The number of ether oxygens (including phenoxy) is 1. The fourth-order valence-corrected chi connectivity index (χ4v) is 4.59. The van der Waals surface area contributed by atoms with Gasteiger partial charge >= 0.3 is 5.97 Å². The zero-order valence-electron chi connectivity index (χ0n) is 17.6. The molecule has 2 aromatic carbocycles. The molecule has 32 heavy (non-hydrogen) atoms. The van der Waals surface area contributed by atoms with Crippen LogP contribution in [0.2, 0.25) is 5.02 Å². The van der Waals surface area contributed by atoms with Gasteiger partial charge in [0.05, 0.1) is 12.2 Å². The van der Waals surface area contributed by atoms with Gasteiger partial charge in [-0.25, -0.2) is 13.9 Å². The maximum absolute atomic E-state index is 14.8. The lowest BCUT2D eigenvalue weighted by atomic mass is 9.95. The highest BCUT2D eigenvalue weighted by Gasteiger charge is 2.36. The van der Waals surface area contributed by atoms with Crippen molar-refractivity contribution < 1.29 is 13.9 Å². The van der Waals surface area contributed by atoms with Crippen molar-refractivity contribution in [1.82, 2.24) is 14.8 Å². The van der Waals surface area contributed by atoms with Crippen molar-refractivity contribution in [2.75, 3.05) is 11.9 Å². The molecule has 1 aliphatic rings. The lowest BCUT2D eigenvalue weighted by molar-refractivity contribution is -0.139. The molecule has 0 amide bonds. The maximum atomic E-state index is 14.8. The van der Waals surface area contributed by atoms with Crippen LogP contribution >= 0.6 is 23.4 Å². The molecular formula is C23H22ClFN4O2S. The molecule has 1 unspecified atom stereocenters. The van der Waals surface area contributed by atoms with Crippen molar-refractivity contribution >= 4 is 35.3 Å². The number of benzene rings is 2. The van der Waals surface area contributed by atoms with Gasteiger partial charge in [0.25, 0.3) is 0 Å². The van der Waals surface area contributed by atoms with Gasteiger partial charge in [0.15, 0.2) is 0 Å². The lowest BCUT2D eigenvalue weighted by Crippen LogP contribution is -2.30. The van der Waals surface area contributed by atoms with E-state index < -0.39 is 17.8 Å². The third-order valence-corrected chi connectivity index (χ3v) is 6.26. The molecule has 1 N–H and O–H groups in total. The Morgan fingerprint density at radius 2 is 2.00 bits per heavy atom. The van der Waals surface area contributed by atoms with Crippen LogP contribution in [0.4, 0.5) is 10.3 Å². The standard InChI is InChI=1S/C23H22ClFN4O2S/c1-3-12-31-21(30)19-14(2)26-22-27-23(32-13-15-8-4-6-10-17(15)24)28-29(22)20(19)16-9-5-7-11-18(16)25/h4-11,20H,3,12-13H2,1-2H3,(H,26,27,28). The number of hydrogen-bond acceptors (Lipinski definition) is 6. The van der Waals surface area contributed by atoms with Gasteiger partial charge in [-0.3, -0.25) is 0 Å². The molecule has 0 fully saturated rings. The summed E-state index contributed by atoms with van der Waals surface area (Å²) in [6.45, 7) is 3.95. The number of allylic oxidation sites excluding steroid dienone is 1. The molecule has 3 aromatic rings. The topological polar surface area (TPSA) is 69.0 Å². The number of nitrogens with zero attached hydrogens (tertiary/aromatic N) is 3. The summed E-state index contributed by atoms with van der Waals surface area (Å²) in [5.41, 5.74) is 2.15. The molecule has 0 aliphatic carbocycles. The molecule has 2 heterocycles. The summed E-state index contributed by atoms with van der Waals surface area (Å²) in [5, 5.41) is 8.88. The first-order valence-electron chi connectivity index (χ1n) is 10.2. The fraction of sp³-hybridized carbons (Fsp3) is 0.261. The fourth-order valence-electron chi connectivity index (χ4n) is 3.47. The summed E-state index contributed by atoms with van der Waals surface area (Å²) in [5.74, 6) is 0.0753. The van der Waals surface area contributed by atoms with Crippen molar-refractivity contribution in [3.8, 4) is 0 Å². The van der Waals surface area contributed by atoms with Crippen LogP contribution in [0, 0.1) is 5.82 Å². The van der Waals surface area contributed by atoms with E-state index in [1.807, 2.05) is 31.2 Å². The molecule has 9 heteroatoms. The number of halogens is 2. The summed E-state index contributed by atoms with van der Waals surface area (Å²) in [7, 11) is 0. The van der Waals surface area contributed by atoms with E-state index >= 15 is 0 Å². The zero-order chi connectivity index (χ0) is 22.7. The first-order valence-corrected chi connectivity index (χ1v) is 11.6. The molecule has 4 rings (SSSR count). The van der Waals surface area contributed by atoms with Crippen molar-refractivity contribution in [3.05, 3.63) is 81.8 Å². The van der Waals surface area contributed by atoms with E-state index in [4.69, 9.17) is 16.3 Å². The van der Waals surface area contributed by atoms with Crippen LogP contribution in [-0.2, 0) is 15.3 Å². The highest BCUT2D eigenvalue weighted by Crippen LogP contribution is 2.38. The number of aromatic nitrogens is 3. The van der Waals surface area contributed by atoms with E-state index in [-0.39, 0.29) is 6.61 Å². The summed E-state index contributed by atoms with van der Waals surface area (Å²) in [6, 6.07) is 13.1. The summed E-state index contributed by atoms with van der Waals surface area (Å²) in [6.07, 6.45) is 0.688. The third-order valence-electron chi connectivity index (χ3n) is 5.00. The number of fused-ring (bicyclic) bond motifs is 1. The van der Waals surface area contributed by atoms with Crippen LogP contribution in [0.25, 0.3) is 0 Å². The molecule has 0 saturated carbocycles. The number of hydrogen-bond donors (Lipinski definition) is 1. The molecule has 1 aliphatic heterocycles. The highest BCUT2D eigenvalue weighted by molar-refractivity contribution is 7.98. The van der Waals surface area contributed by atoms with E-state index in [9.17, 15) is 9.18 Å². The smallest absolute Gasteiger partial charge is 0.338 e. The normalized spacial score (nSPS) is 15.3. The zero-order valence-corrected chi connectivity index (χ0v) is 19.2. The van der Waals surface area contributed by atoms with E-state index in [1.54, 1.807) is 29.8 Å². The Morgan fingerprint density at radius 3 is 2.75 bits per heavy atom. The van der Waals surface area contributed by atoms with Crippen LogP contribution in [0.1, 0.15) is 37.4 Å². The van der Waals surface area contributed by atoms with Crippen LogP contribution in [0.15, 0.2) is 65.0 Å². The first-order chi connectivity index (χ1) is 15.5. The monoisotopic (exact) mass is 472 g/mol. The Labute approximate surface area is 194 Å². The van der Waals surface area contributed by atoms with Crippen molar-refractivity contribution in [1.29, 1.82) is 0 Å². The molecule has 0 bridgehead atoms. The molecule has 6 nitrogen and oxygen atoms in total. The van der Waals surface area contributed by atoms with Crippen LogP contribution in [0.5, 0.6) is 0 Å². The minimum absolute atomic E-state index is 0.281. The SMILES string of the molecule is CCCOC(=O)C1=C(C)Nc2nc(SCc3ccccc3Cl)nn2C1c1ccccc1F. The number of carbonyl (C=O) groups excluding carboxylic acids is 1. The largest absolute Gasteiger partial charge is 0.462 e. The first kappa shape index (κ1) is 22.4. The number of nitrogens with one attached hydrogen (secondary N) is 1. The second-order valence-corrected chi connectivity index (χ2v) is 8.62. The molecular weight excluding hydrogens is 451 g/mol. The number of anilines is 1. The van der Waals surface area contributed by atoms with Crippen LogP contribution in [-0.4, -0.2) is 27.3 Å². The summed E-state index contributed by atoms with van der Waals surface area (Å²) in [4.78, 5) is 17.5. The number of rotatable bonds is 7. The summed E-state index contributed by atoms with van der Waals surface area (Å²) < 4.78 is 21.8. The Bertz CT molecular complexity index is 1180. The average molecular weight is 473 g/mol. The maximum Gasteiger partial charge on any atom is 0.338 e. The second-order valence-electron chi connectivity index (χ2n) is 7.27. The molecule has 0 spiro atoms. The van der Waals surface area contributed by atoms with E-state index in [0.717, 1.165) is 5.56 Å². The van der Waals surface area contributed by atoms with Crippen molar-refractivity contribution in [2.24, 2.45) is 0 Å². The average Bonchev–Trinajstić information content (AvgIpc) is 3.19. The predicted molar refractivity (Wildman–Crippen MR) is 123 cm³/mol. The van der Waals surface area contributed by atoms with Gasteiger partial charge in [-0.15, -0.1) is 5.10 Å². The van der Waals surface area contributed by atoms with E-state index in [0.29, 0.717) is 45.1 Å². The lowest BCUT2D eigenvalue weighted by Gasteiger charge is -2.28. The Balaban J connectivity index is 1.70. The van der Waals surface area contributed by atoms with Gasteiger partial charge in [0, 0.05) is 22.0 Å². The van der Waals surface area contributed by atoms with Crippen LogP contribution in [0.3, 0.4) is 0 Å². The molecule has 1 aromatic heterocycles. The predicted octanol–water partition coefficient (Wildman–Crippen LogP) is 5.61. The summed E-state index contributed by atoms with van der Waals surface area (Å²) >= 11 is 7.67. The molecule has 1 atom stereocenters. The highest BCUT2D eigenvalue weighted by atomic mass is 35.5. The number of esters is 1. The number of carbonyl (C=O) groups is 1. The quantitative estimate of drug-likeness (QED) is 0.356. The van der Waals surface area contributed by atoms with Crippen molar-refractivity contribution in [2.45, 2.75) is 37.2 Å². The minimum Gasteiger partial charge on any atom is -0.462 e. The molecule has 0 radical (unpaired) electrons. The van der Waals surface area contributed by atoms with Gasteiger partial charge < -0.3 is 10.1 Å². The van der Waals surface area contributed by atoms with Gasteiger partial charge in [0.2, 0.25) is 11.1 Å². The van der Waals surface area contributed by atoms with Crippen molar-refractivity contribution in [3.63, 3.8) is 0 Å². The number of thioether (sulfide) groups is 1. The van der Waals surface area contributed by atoms with E-state index in [2.05, 4.69) is 15.4 Å².